The molecule has 2 rings (SSSR count). The lowest BCUT2D eigenvalue weighted by molar-refractivity contribution is 0.686. The molecule has 0 atom stereocenters. The zero-order valence-electron chi connectivity index (χ0n) is 4.80. The highest BCUT2D eigenvalue weighted by Crippen LogP contribution is 2.50. The summed E-state index contributed by atoms with van der Waals surface area (Å²) >= 11 is 0. The van der Waals surface area contributed by atoms with E-state index in [9.17, 15) is 0 Å². The summed E-state index contributed by atoms with van der Waals surface area (Å²) < 4.78 is 0. The zero-order chi connectivity index (χ0) is 5.45. The Labute approximate surface area is 49.1 Å². The van der Waals surface area contributed by atoms with Crippen molar-refractivity contribution in [3.05, 3.63) is 12.3 Å². The molecule has 1 aliphatic heterocycles. The van der Waals surface area contributed by atoms with Gasteiger partial charge in [-0.3, -0.25) is 4.99 Å². The van der Waals surface area contributed by atoms with Crippen molar-refractivity contribution >= 4 is 6.21 Å². The van der Waals surface area contributed by atoms with Crippen molar-refractivity contribution < 1.29 is 0 Å². The second kappa shape index (κ2) is 1.22. The van der Waals surface area contributed by atoms with Crippen LogP contribution in [0, 0.1) is 5.41 Å². The van der Waals surface area contributed by atoms with Crippen molar-refractivity contribution in [3.8, 4) is 0 Å². The Hall–Kier alpha value is -0.590. The molecule has 0 amide bonds. The molecule has 0 aromatic rings. The van der Waals surface area contributed by atoms with Gasteiger partial charge in [0.15, 0.2) is 0 Å². The number of hydrogen-bond acceptors (Lipinski definition) is 1. The second-order valence-electron chi connectivity index (χ2n) is 2.71. The van der Waals surface area contributed by atoms with E-state index in [-0.39, 0.29) is 0 Å². The predicted octanol–water partition coefficient (Wildman–Crippen LogP) is 1.75. The molecular weight excluding hydrogens is 98.1 g/mol. The molecular formula is C7H9N. The molecule has 8 heavy (non-hydrogen) atoms. The van der Waals surface area contributed by atoms with Crippen molar-refractivity contribution in [1.82, 2.24) is 0 Å². The lowest BCUT2D eigenvalue weighted by atomic mass is 10.0. The van der Waals surface area contributed by atoms with E-state index in [0.717, 1.165) is 0 Å². The molecule has 1 nitrogen and oxygen atoms in total. The Balaban J connectivity index is 2.20. The van der Waals surface area contributed by atoms with Crippen LogP contribution in [0.25, 0.3) is 0 Å². The Morgan fingerprint density at radius 1 is 1.38 bits per heavy atom. The first-order chi connectivity index (χ1) is 3.91. The Bertz CT molecular complexity index is 152. The van der Waals surface area contributed by atoms with Crippen LogP contribution < -0.4 is 0 Å². The quantitative estimate of drug-likeness (QED) is 0.447. The van der Waals surface area contributed by atoms with Gasteiger partial charge in [0.2, 0.25) is 0 Å². The largest absolute Gasteiger partial charge is 0.269 e. The van der Waals surface area contributed by atoms with E-state index < -0.39 is 0 Å². The predicted molar refractivity (Wildman–Crippen MR) is 33.9 cm³/mol. The van der Waals surface area contributed by atoms with E-state index in [0.29, 0.717) is 5.41 Å². The third-order valence-electron chi connectivity index (χ3n) is 2.01. The molecule has 0 aromatic carbocycles. The van der Waals surface area contributed by atoms with Gasteiger partial charge in [-0.2, -0.15) is 0 Å². The smallest absolute Gasteiger partial charge is 0.0229 e. The van der Waals surface area contributed by atoms with Gasteiger partial charge in [-0.1, -0.05) is 6.08 Å². The maximum atomic E-state index is 4.01. The summed E-state index contributed by atoms with van der Waals surface area (Å²) in [4.78, 5) is 4.01. The first-order valence-corrected chi connectivity index (χ1v) is 3.11. The van der Waals surface area contributed by atoms with E-state index in [1.54, 1.807) is 0 Å². The van der Waals surface area contributed by atoms with Gasteiger partial charge in [-0.25, -0.2) is 0 Å². The van der Waals surface area contributed by atoms with Gasteiger partial charge in [0, 0.05) is 12.4 Å². The maximum absolute atomic E-state index is 4.01. The molecule has 0 N–H and O–H groups in total. The molecule has 0 radical (unpaired) electrons. The molecule has 42 valence electrons. The number of nitrogens with zero attached hydrogens (tertiary/aromatic N) is 1. The fourth-order valence-corrected chi connectivity index (χ4v) is 1.10. The molecule has 2 aliphatic rings. The Kier molecular flexibility index (Phi) is 0.655. The normalized spacial score (nSPS) is 29.0. The summed E-state index contributed by atoms with van der Waals surface area (Å²) in [7, 11) is 0. The summed E-state index contributed by atoms with van der Waals surface area (Å²) in [6, 6.07) is 0. The highest BCUT2D eigenvalue weighted by atomic mass is 14.7. The van der Waals surface area contributed by atoms with E-state index in [1.165, 1.54) is 19.3 Å². The van der Waals surface area contributed by atoms with E-state index in [1.807, 2.05) is 12.4 Å². The van der Waals surface area contributed by atoms with Crippen LogP contribution in [-0.4, -0.2) is 6.21 Å². The fourth-order valence-electron chi connectivity index (χ4n) is 1.10. The minimum absolute atomic E-state index is 0.599. The number of hydrogen-bond donors (Lipinski definition) is 0. The number of allylic oxidation sites excluding steroid dienone is 1. The molecule has 1 aliphatic carbocycles. The van der Waals surface area contributed by atoms with Gasteiger partial charge in [0.1, 0.15) is 0 Å². The minimum Gasteiger partial charge on any atom is -0.269 e. The van der Waals surface area contributed by atoms with Gasteiger partial charge in [-0.15, -0.1) is 0 Å². The van der Waals surface area contributed by atoms with E-state index in [2.05, 4.69) is 11.1 Å². The average Bonchev–Trinajstić information content (AvgIpc) is 2.52. The van der Waals surface area contributed by atoms with Crippen molar-refractivity contribution in [2.24, 2.45) is 10.4 Å². The van der Waals surface area contributed by atoms with Crippen LogP contribution in [0.4, 0.5) is 0 Å². The lowest BCUT2D eigenvalue weighted by Gasteiger charge is -2.06. The second-order valence-corrected chi connectivity index (χ2v) is 2.71. The summed E-state index contributed by atoms with van der Waals surface area (Å²) in [5.74, 6) is 0. The maximum Gasteiger partial charge on any atom is 0.0229 e. The van der Waals surface area contributed by atoms with Crippen molar-refractivity contribution in [1.29, 1.82) is 0 Å². The molecule has 1 heterocycles. The highest BCUT2D eigenvalue weighted by Gasteiger charge is 2.39. The number of aliphatic imine (C=N–C) groups is 1. The third-order valence-corrected chi connectivity index (χ3v) is 2.01. The summed E-state index contributed by atoms with van der Waals surface area (Å²) in [6.07, 6.45) is 10.1. The van der Waals surface area contributed by atoms with Crippen LogP contribution >= 0.6 is 0 Å². The Morgan fingerprint density at radius 3 is 2.62 bits per heavy atom. The summed E-state index contributed by atoms with van der Waals surface area (Å²) in [6.45, 7) is 0. The van der Waals surface area contributed by atoms with Crippen LogP contribution in [0.3, 0.4) is 0 Å². The van der Waals surface area contributed by atoms with Crippen LogP contribution in [0.15, 0.2) is 17.3 Å². The molecule has 1 heteroatoms. The lowest BCUT2D eigenvalue weighted by Crippen LogP contribution is -1.98. The van der Waals surface area contributed by atoms with Crippen LogP contribution in [0.5, 0.6) is 0 Å². The minimum atomic E-state index is 0.599. The van der Waals surface area contributed by atoms with Gasteiger partial charge in [0.05, 0.1) is 0 Å². The first kappa shape index (κ1) is 4.30. The van der Waals surface area contributed by atoms with Crippen LogP contribution in [0.2, 0.25) is 0 Å². The molecule has 1 saturated carbocycles. The van der Waals surface area contributed by atoms with Gasteiger partial charge < -0.3 is 0 Å². The van der Waals surface area contributed by atoms with Crippen molar-refractivity contribution in [3.63, 3.8) is 0 Å². The molecule has 1 fully saturated rings. The molecule has 1 spiro atoms. The zero-order valence-corrected chi connectivity index (χ0v) is 4.80. The molecule has 0 aromatic heterocycles. The van der Waals surface area contributed by atoms with Crippen LogP contribution in [-0.2, 0) is 0 Å². The standard InChI is InChI=1S/C7H9N/c1-2-7(1)3-5-8-6-4-7/h3,5-6H,1-2,4H2. The average molecular weight is 107 g/mol. The van der Waals surface area contributed by atoms with E-state index >= 15 is 0 Å². The van der Waals surface area contributed by atoms with Crippen molar-refractivity contribution in [2.45, 2.75) is 19.3 Å². The van der Waals surface area contributed by atoms with Gasteiger partial charge >= 0.3 is 0 Å². The van der Waals surface area contributed by atoms with E-state index in [4.69, 9.17) is 0 Å². The highest BCUT2D eigenvalue weighted by molar-refractivity contribution is 5.62. The number of rotatable bonds is 0. The summed E-state index contributed by atoms with van der Waals surface area (Å²) in [5, 5.41) is 0. The van der Waals surface area contributed by atoms with Crippen LogP contribution in [0.1, 0.15) is 19.3 Å². The van der Waals surface area contributed by atoms with Gasteiger partial charge in [-0.05, 0) is 24.7 Å². The summed E-state index contributed by atoms with van der Waals surface area (Å²) in [5.41, 5.74) is 0.599. The molecule has 0 unspecified atom stereocenters. The van der Waals surface area contributed by atoms with Crippen molar-refractivity contribution in [2.75, 3.05) is 0 Å². The van der Waals surface area contributed by atoms with Gasteiger partial charge in [0.25, 0.3) is 0 Å². The topological polar surface area (TPSA) is 12.4 Å². The Morgan fingerprint density at radius 2 is 2.25 bits per heavy atom. The monoisotopic (exact) mass is 107 g/mol. The molecule has 0 saturated heterocycles. The SMILES string of the molecule is C1=CC2(CC=N1)CC2. The molecule has 0 bridgehead atoms. The fraction of sp³-hybridized carbons (Fsp3) is 0.571. The first-order valence-electron chi connectivity index (χ1n) is 3.11. The third kappa shape index (κ3) is 0.507.